The van der Waals surface area contributed by atoms with Crippen LogP contribution in [0.5, 0.6) is 0 Å². The highest BCUT2D eigenvalue weighted by molar-refractivity contribution is 9.08. The molecule has 0 aromatic carbocycles. The molecule has 3 nitrogen and oxygen atoms in total. The number of halogens is 2. The van der Waals surface area contributed by atoms with E-state index in [0.717, 1.165) is 0 Å². The highest BCUT2D eigenvalue weighted by Gasteiger charge is 2.13. The third-order valence-electron chi connectivity index (χ3n) is 1.56. The van der Waals surface area contributed by atoms with E-state index >= 15 is 0 Å². The van der Waals surface area contributed by atoms with Crippen LogP contribution in [0.25, 0.3) is 0 Å². The second-order valence-corrected chi connectivity index (χ2v) is 3.50. The summed E-state index contributed by atoms with van der Waals surface area (Å²) in [5, 5.41) is 0.927. The van der Waals surface area contributed by atoms with Crippen molar-refractivity contribution in [2.75, 3.05) is 6.61 Å². The smallest absolute Gasteiger partial charge is 0.340 e. The van der Waals surface area contributed by atoms with Crippen molar-refractivity contribution in [2.45, 2.75) is 12.3 Å². The summed E-state index contributed by atoms with van der Waals surface area (Å²) in [6, 6.07) is 1.56. The van der Waals surface area contributed by atoms with Gasteiger partial charge in [0, 0.05) is 11.5 Å². The molecule has 0 N–H and O–H groups in total. The number of hydrogen-bond acceptors (Lipinski definition) is 3. The number of carbonyl (C=O) groups excluding carboxylic acids is 1. The zero-order valence-corrected chi connectivity index (χ0v) is 9.93. The molecule has 1 aromatic rings. The summed E-state index contributed by atoms with van der Waals surface area (Å²) in [6.07, 6.45) is 1.50. The van der Waals surface area contributed by atoms with E-state index in [2.05, 4.69) is 20.9 Å². The van der Waals surface area contributed by atoms with Crippen LogP contribution in [0.1, 0.15) is 23.0 Å². The summed E-state index contributed by atoms with van der Waals surface area (Å²) in [4.78, 5) is 15.5. The number of aromatic nitrogens is 1. The SMILES string of the molecule is CCOC(=O)c1cc(Cl)cnc1CBr. The molecule has 1 heterocycles. The van der Waals surface area contributed by atoms with Crippen molar-refractivity contribution < 1.29 is 9.53 Å². The standard InChI is InChI=1S/C9H9BrClNO2/c1-2-14-9(13)7-3-6(11)5-12-8(7)4-10/h3,5H,2,4H2,1H3. The van der Waals surface area contributed by atoms with Gasteiger partial charge in [0.2, 0.25) is 0 Å². The Morgan fingerprint density at radius 2 is 2.43 bits per heavy atom. The predicted octanol–water partition coefficient (Wildman–Crippen LogP) is 2.81. The van der Waals surface area contributed by atoms with Crippen molar-refractivity contribution >= 4 is 33.5 Å². The average molecular weight is 279 g/mol. The minimum absolute atomic E-state index is 0.340. The Bertz CT molecular complexity index is 344. The van der Waals surface area contributed by atoms with Crippen molar-refractivity contribution in [1.82, 2.24) is 4.98 Å². The summed E-state index contributed by atoms with van der Waals surface area (Å²) in [6.45, 7) is 2.09. The lowest BCUT2D eigenvalue weighted by molar-refractivity contribution is 0.0525. The lowest BCUT2D eigenvalue weighted by Gasteiger charge is -2.05. The number of rotatable bonds is 3. The van der Waals surface area contributed by atoms with E-state index in [1.165, 1.54) is 6.20 Å². The zero-order valence-electron chi connectivity index (χ0n) is 7.59. The number of ether oxygens (including phenoxy) is 1. The Morgan fingerprint density at radius 1 is 1.71 bits per heavy atom. The highest BCUT2D eigenvalue weighted by Crippen LogP contribution is 2.16. The molecule has 0 aliphatic carbocycles. The van der Waals surface area contributed by atoms with Gasteiger partial charge in [-0.15, -0.1) is 0 Å². The Labute approximate surface area is 95.6 Å². The minimum atomic E-state index is -0.392. The fourth-order valence-electron chi connectivity index (χ4n) is 0.960. The Hall–Kier alpha value is -0.610. The van der Waals surface area contributed by atoms with Gasteiger partial charge >= 0.3 is 5.97 Å². The number of pyridine rings is 1. The van der Waals surface area contributed by atoms with Crippen LogP contribution in [0.2, 0.25) is 5.02 Å². The van der Waals surface area contributed by atoms with Gasteiger partial charge in [-0.3, -0.25) is 4.98 Å². The molecule has 0 aliphatic heterocycles. The Kier molecular flexibility index (Phi) is 4.35. The highest BCUT2D eigenvalue weighted by atomic mass is 79.9. The fourth-order valence-corrected chi connectivity index (χ4v) is 1.56. The lowest BCUT2D eigenvalue weighted by Crippen LogP contribution is -2.08. The van der Waals surface area contributed by atoms with Gasteiger partial charge in [-0.1, -0.05) is 27.5 Å². The number of alkyl halides is 1. The summed E-state index contributed by atoms with van der Waals surface area (Å²) in [5.74, 6) is -0.392. The van der Waals surface area contributed by atoms with E-state index in [1.807, 2.05) is 0 Å². The van der Waals surface area contributed by atoms with Crippen LogP contribution < -0.4 is 0 Å². The second kappa shape index (κ2) is 5.32. The monoisotopic (exact) mass is 277 g/mol. The zero-order chi connectivity index (χ0) is 10.6. The van der Waals surface area contributed by atoms with Gasteiger partial charge in [0.1, 0.15) is 0 Å². The molecule has 0 bridgehead atoms. The fraction of sp³-hybridized carbons (Fsp3) is 0.333. The molecule has 5 heteroatoms. The van der Waals surface area contributed by atoms with Crippen LogP contribution in [0.4, 0.5) is 0 Å². The van der Waals surface area contributed by atoms with Gasteiger partial charge < -0.3 is 4.74 Å². The van der Waals surface area contributed by atoms with Crippen LogP contribution in [-0.2, 0) is 10.1 Å². The van der Waals surface area contributed by atoms with Crippen LogP contribution in [0, 0.1) is 0 Å². The van der Waals surface area contributed by atoms with Gasteiger partial charge in [0.25, 0.3) is 0 Å². The minimum Gasteiger partial charge on any atom is -0.462 e. The van der Waals surface area contributed by atoms with Crippen LogP contribution in [0.3, 0.4) is 0 Å². The third kappa shape index (κ3) is 2.69. The van der Waals surface area contributed by atoms with Gasteiger partial charge in [-0.25, -0.2) is 4.79 Å². The molecule has 1 aromatic heterocycles. The Morgan fingerprint density at radius 3 is 3.00 bits per heavy atom. The predicted molar refractivity (Wildman–Crippen MR) is 57.8 cm³/mol. The number of carbonyl (C=O) groups is 1. The van der Waals surface area contributed by atoms with Gasteiger partial charge in [0.15, 0.2) is 0 Å². The van der Waals surface area contributed by atoms with Crippen molar-refractivity contribution in [2.24, 2.45) is 0 Å². The first kappa shape index (κ1) is 11.5. The molecule has 0 unspecified atom stereocenters. The average Bonchev–Trinajstić information content (AvgIpc) is 2.18. The van der Waals surface area contributed by atoms with Crippen molar-refractivity contribution in [3.05, 3.63) is 28.5 Å². The van der Waals surface area contributed by atoms with Crippen molar-refractivity contribution in [3.63, 3.8) is 0 Å². The number of hydrogen-bond donors (Lipinski definition) is 0. The van der Waals surface area contributed by atoms with E-state index in [1.54, 1.807) is 13.0 Å². The maximum absolute atomic E-state index is 11.4. The van der Waals surface area contributed by atoms with Crippen LogP contribution >= 0.6 is 27.5 Å². The van der Waals surface area contributed by atoms with E-state index < -0.39 is 5.97 Å². The quantitative estimate of drug-likeness (QED) is 0.630. The maximum Gasteiger partial charge on any atom is 0.340 e. The summed E-state index contributed by atoms with van der Waals surface area (Å²) in [7, 11) is 0. The molecule has 76 valence electrons. The molecule has 0 amide bonds. The Balaban J connectivity index is 3.03. The molecule has 0 aliphatic rings. The molecule has 14 heavy (non-hydrogen) atoms. The van der Waals surface area contributed by atoms with Crippen LogP contribution in [0.15, 0.2) is 12.3 Å². The molecule has 0 fully saturated rings. The van der Waals surface area contributed by atoms with Crippen LogP contribution in [-0.4, -0.2) is 17.6 Å². The molecular formula is C9H9BrClNO2. The molecule has 0 spiro atoms. The lowest BCUT2D eigenvalue weighted by atomic mass is 10.2. The third-order valence-corrected chi connectivity index (χ3v) is 2.30. The topological polar surface area (TPSA) is 39.2 Å². The molecule has 0 atom stereocenters. The van der Waals surface area contributed by atoms with E-state index in [-0.39, 0.29) is 0 Å². The first-order valence-corrected chi connectivity index (χ1v) is 5.56. The van der Waals surface area contributed by atoms with Gasteiger partial charge in [-0.2, -0.15) is 0 Å². The molecule has 1 rings (SSSR count). The van der Waals surface area contributed by atoms with Gasteiger partial charge in [0.05, 0.1) is 22.9 Å². The number of nitrogens with zero attached hydrogens (tertiary/aromatic N) is 1. The molecule has 0 saturated carbocycles. The normalized spacial score (nSPS) is 9.93. The van der Waals surface area contributed by atoms with Crippen molar-refractivity contribution in [1.29, 1.82) is 0 Å². The van der Waals surface area contributed by atoms with Crippen molar-refractivity contribution in [3.8, 4) is 0 Å². The van der Waals surface area contributed by atoms with E-state index in [4.69, 9.17) is 16.3 Å². The molecular weight excluding hydrogens is 269 g/mol. The molecule has 0 saturated heterocycles. The number of esters is 1. The first-order valence-electron chi connectivity index (χ1n) is 4.06. The maximum atomic E-state index is 11.4. The second-order valence-electron chi connectivity index (χ2n) is 2.50. The summed E-state index contributed by atoms with van der Waals surface area (Å²) < 4.78 is 4.87. The van der Waals surface area contributed by atoms with Gasteiger partial charge in [-0.05, 0) is 13.0 Å². The summed E-state index contributed by atoms with van der Waals surface area (Å²) >= 11 is 8.97. The van der Waals surface area contributed by atoms with E-state index in [0.29, 0.717) is 28.2 Å². The largest absolute Gasteiger partial charge is 0.462 e. The van der Waals surface area contributed by atoms with E-state index in [9.17, 15) is 4.79 Å². The summed E-state index contributed by atoms with van der Waals surface area (Å²) in [5.41, 5.74) is 1.05. The first-order chi connectivity index (χ1) is 6.69. The molecule has 0 radical (unpaired) electrons.